The number of thioether (sulfide) groups is 1. The number of nitrogens with two attached hydrogens (primary N) is 1. The molecule has 0 spiro atoms. The van der Waals surface area contributed by atoms with Crippen LogP contribution < -0.4 is 5.73 Å². The molecule has 0 amide bonds. The number of benzene rings is 1. The van der Waals surface area contributed by atoms with Gasteiger partial charge >= 0.3 is 5.97 Å². The molecule has 0 radical (unpaired) electrons. The number of nitrogen functional groups attached to an aromatic ring is 1. The summed E-state index contributed by atoms with van der Waals surface area (Å²) in [6.45, 7) is 3.68. The van der Waals surface area contributed by atoms with E-state index >= 15 is 0 Å². The zero-order chi connectivity index (χ0) is 15.2. The highest BCUT2D eigenvalue weighted by Crippen LogP contribution is 2.23. The summed E-state index contributed by atoms with van der Waals surface area (Å²) in [6, 6.07) is 11.2. The second-order valence-corrected chi connectivity index (χ2v) is 5.91. The average molecular weight is 302 g/mol. The molecule has 0 saturated carbocycles. The number of aromatic nitrogens is 1. The summed E-state index contributed by atoms with van der Waals surface area (Å²) in [6.07, 6.45) is 1.63. The highest BCUT2D eigenvalue weighted by molar-refractivity contribution is 7.98. The van der Waals surface area contributed by atoms with Crippen LogP contribution in [0.2, 0.25) is 0 Å². The SMILES string of the molecule is CC(C)OC(=O)c1cccc(CSc2ccc(N)nc2)c1. The zero-order valence-corrected chi connectivity index (χ0v) is 12.9. The van der Waals surface area contributed by atoms with Gasteiger partial charge in [0.2, 0.25) is 0 Å². The Balaban J connectivity index is 2.00. The average Bonchev–Trinajstić information content (AvgIpc) is 2.46. The van der Waals surface area contributed by atoms with E-state index in [4.69, 9.17) is 10.5 Å². The normalized spacial score (nSPS) is 10.6. The lowest BCUT2D eigenvalue weighted by molar-refractivity contribution is 0.0378. The van der Waals surface area contributed by atoms with Crippen LogP contribution in [0.15, 0.2) is 47.5 Å². The number of carbonyl (C=O) groups is 1. The fourth-order valence-corrected chi connectivity index (χ4v) is 2.52. The van der Waals surface area contributed by atoms with Gasteiger partial charge < -0.3 is 10.5 Å². The van der Waals surface area contributed by atoms with E-state index in [0.29, 0.717) is 11.4 Å². The predicted octanol–water partition coefficient (Wildman–Crippen LogP) is 3.52. The van der Waals surface area contributed by atoms with Gasteiger partial charge in [0.05, 0.1) is 11.7 Å². The predicted molar refractivity (Wildman–Crippen MR) is 85.2 cm³/mol. The number of pyridine rings is 1. The van der Waals surface area contributed by atoms with E-state index in [1.54, 1.807) is 30.1 Å². The molecule has 1 aromatic heterocycles. The monoisotopic (exact) mass is 302 g/mol. The first-order valence-electron chi connectivity index (χ1n) is 6.69. The Bertz CT molecular complexity index is 612. The van der Waals surface area contributed by atoms with E-state index in [-0.39, 0.29) is 12.1 Å². The maximum Gasteiger partial charge on any atom is 0.338 e. The van der Waals surface area contributed by atoms with Gasteiger partial charge in [-0.2, -0.15) is 0 Å². The van der Waals surface area contributed by atoms with E-state index in [1.165, 1.54) is 0 Å². The molecule has 110 valence electrons. The van der Waals surface area contributed by atoms with Crippen LogP contribution in [0, 0.1) is 0 Å². The molecule has 2 N–H and O–H groups in total. The summed E-state index contributed by atoms with van der Waals surface area (Å²) in [5.74, 6) is 0.984. The number of anilines is 1. The van der Waals surface area contributed by atoms with Crippen molar-refractivity contribution >= 4 is 23.5 Å². The van der Waals surface area contributed by atoms with Crippen LogP contribution in [-0.2, 0) is 10.5 Å². The van der Waals surface area contributed by atoms with Gasteiger partial charge in [-0.15, -0.1) is 11.8 Å². The number of ether oxygens (including phenoxy) is 1. The van der Waals surface area contributed by atoms with Crippen LogP contribution in [-0.4, -0.2) is 17.1 Å². The van der Waals surface area contributed by atoms with Crippen LogP contribution in [0.25, 0.3) is 0 Å². The smallest absolute Gasteiger partial charge is 0.338 e. The summed E-state index contributed by atoms with van der Waals surface area (Å²) in [5.41, 5.74) is 7.20. The van der Waals surface area contributed by atoms with Crippen molar-refractivity contribution in [2.24, 2.45) is 0 Å². The van der Waals surface area contributed by atoms with E-state index < -0.39 is 0 Å². The minimum absolute atomic E-state index is 0.114. The highest BCUT2D eigenvalue weighted by atomic mass is 32.2. The number of hydrogen-bond donors (Lipinski definition) is 1. The molecule has 21 heavy (non-hydrogen) atoms. The van der Waals surface area contributed by atoms with Gasteiger partial charge in [-0.25, -0.2) is 9.78 Å². The van der Waals surface area contributed by atoms with E-state index in [1.807, 2.05) is 38.1 Å². The molecular formula is C16H18N2O2S. The minimum Gasteiger partial charge on any atom is -0.459 e. The lowest BCUT2D eigenvalue weighted by atomic mass is 10.1. The summed E-state index contributed by atoms with van der Waals surface area (Å²) in [7, 11) is 0. The second-order valence-electron chi connectivity index (χ2n) is 4.86. The largest absolute Gasteiger partial charge is 0.459 e. The second kappa shape index (κ2) is 7.13. The molecule has 4 nitrogen and oxygen atoms in total. The molecule has 0 bridgehead atoms. The lowest BCUT2D eigenvalue weighted by Crippen LogP contribution is -2.11. The molecule has 0 atom stereocenters. The third kappa shape index (κ3) is 4.79. The van der Waals surface area contributed by atoms with Crippen LogP contribution in [0.3, 0.4) is 0 Å². The van der Waals surface area contributed by atoms with Gasteiger partial charge in [0.1, 0.15) is 5.82 Å². The zero-order valence-electron chi connectivity index (χ0n) is 12.1. The van der Waals surface area contributed by atoms with Crippen LogP contribution in [0.4, 0.5) is 5.82 Å². The number of rotatable bonds is 5. The molecule has 0 aliphatic carbocycles. The van der Waals surface area contributed by atoms with Crippen molar-refractivity contribution in [2.45, 2.75) is 30.6 Å². The number of esters is 1. The molecule has 0 aliphatic heterocycles. The maximum absolute atomic E-state index is 11.9. The Morgan fingerprint density at radius 2 is 2.14 bits per heavy atom. The molecule has 1 aromatic carbocycles. The van der Waals surface area contributed by atoms with Gasteiger partial charge in [0.25, 0.3) is 0 Å². The van der Waals surface area contributed by atoms with Gasteiger partial charge in [0.15, 0.2) is 0 Å². The third-order valence-corrected chi connectivity index (χ3v) is 3.72. The number of nitrogens with zero attached hydrogens (tertiary/aromatic N) is 1. The minimum atomic E-state index is -0.286. The summed E-state index contributed by atoms with van der Waals surface area (Å²) in [4.78, 5) is 17.0. The quantitative estimate of drug-likeness (QED) is 0.676. The standard InChI is InChI=1S/C16H18N2O2S/c1-11(2)20-16(19)13-5-3-4-12(8-13)10-21-14-6-7-15(17)18-9-14/h3-9,11H,10H2,1-2H3,(H2,17,18). The van der Waals surface area contributed by atoms with Gasteiger partial charge in [-0.1, -0.05) is 12.1 Å². The third-order valence-electron chi connectivity index (χ3n) is 2.67. The van der Waals surface area contributed by atoms with Crippen LogP contribution >= 0.6 is 11.8 Å². The Labute approximate surface area is 128 Å². The van der Waals surface area contributed by atoms with E-state index in [9.17, 15) is 4.79 Å². The van der Waals surface area contributed by atoms with E-state index in [2.05, 4.69) is 4.98 Å². The highest BCUT2D eigenvalue weighted by Gasteiger charge is 2.09. The molecule has 0 fully saturated rings. The van der Waals surface area contributed by atoms with Crippen molar-refractivity contribution < 1.29 is 9.53 Å². The van der Waals surface area contributed by atoms with Gasteiger partial charge in [-0.3, -0.25) is 0 Å². The van der Waals surface area contributed by atoms with Crippen molar-refractivity contribution in [1.29, 1.82) is 0 Å². The molecule has 0 unspecified atom stereocenters. The first-order valence-corrected chi connectivity index (χ1v) is 7.67. The summed E-state index contributed by atoms with van der Waals surface area (Å²) < 4.78 is 5.20. The first kappa shape index (κ1) is 15.4. The number of hydrogen-bond acceptors (Lipinski definition) is 5. The summed E-state index contributed by atoms with van der Waals surface area (Å²) >= 11 is 1.65. The van der Waals surface area contributed by atoms with Crippen LogP contribution in [0.1, 0.15) is 29.8 Å². The summed E-state index contributed by atoms with van der Waals surface area (Å²) in [5, 5.41) is 0. The first-order chi connectivity index (χ1) is 10.0. The molecular weight excluding hydrogens is 284 g/mol. The van der Waals surface area contributed by atoms with Crippen molar-refractivity contribution in [3.63, 3.8) is 0 Å². The molecule has 0 aliphatic rings. The lowest BCUT2D eigenvalue weighted by Gasteiger charge is -2.09. The fourth-order valence-electron chi connectivity index (χ4n) is 1.71. The Hall–Kier alpha value is -2.01. The van der Waals surface area contributed by atoms with Crippen molar-refractivity contribution in [3.05, 3.63) is 53.7 Å². The van der Waals surface area contributed by atoms with Gasteiger partial charge in [0, 0.05) is 16.8 Å². The molecule has 2 aromatic rings. The molecule has 1 heterocycles. The fraction of sp³-hybridized carbons (Fsp3) is 0.250. The van der Waals surface area contributed by atoms with Crippen molar-refractivity contribution in [3.8, 4) is 0 Å². The Morgan fingerprint density at radius 1 is 1.33 bits per heavy atom. The van der Waals surface area contributed by atoms with Gasteiger partial charge in [-0.05, 0) is 43.7 Å². The Kier molecular flexibility index (Phi) is 5.22. The van der Waals surface area contributed by atoms with Crippen molar-refractivity contribution in [2.75, 3.05) is 5.73 Å². The van der Waals surface area contributed by atoms with E-state index in [0.717, 1.165) is 16.2 Å². The van der Waals surface area contributed by atoms with Crippen LogP contribution in [0.5, 0.6) is 0 Å². The maximum atomic E-state index is 11.9. The molecule has 5 heteroatoms. The number of carbonyl (C=O) groups excluding carboxylic acids is 1. The van der Waals surface area contributed by atoms with Crippen molar-refractivity contribution in [1.82, 2.24) is 4.98 Å². The topological polar surface area (TPSA) is 65.2 Å². The molecule has 2 rings (SSSR count). The Morgan fingerprint density at radius 3 is 2.81 bits per heavy atom. The molecule has 0 saturated heterocycles.